The smallest absolute Gasteiger partial charge is 0.316 e. The molecule has 1 aliphatic rings. The van der Waals surface area contributed by atoms with Crippen molar-refractivity contribution >= 4 is 11.7 Å². The van der Waals surface area contributed by atoms with Gasteiger partial charge in [-0.2, -0.15) is 0 Å². The predicted octanol–water partition coefficient (Wildman–Crippen LogP) is 1.11. The van der Waals surface area contributed by atoms with Gasteiger partial charge in [0.05, 0.1) is 26.6 Å². The van der Waals surface area contributed by atoms with E-state index in [-0.39, 0.29) is 5.91 Å². The Morgan fingerprint density at radius 2 is 1.83 bits per heavy atom. The molecule has 0 atom stereocenters. The maximum atomic E-state index is 12.5. The van der Waals surface area contributed by atoms with Gasteiger partial charge in [-0.15, -0.1) is 0 Å². The molecule has 0 spiro atoms. The van der Waals surface area contributed by atoms with Crippen molar-refractivity contribution in [2.45, 2.75) is 6.42 Å². The van der Waals surface area contributed by atoms with Crippen molar-refractivity contribution in [3.63, 3.8) is 0 Å². The summed E-state index contributed by atoms with van der Waals surface area (Å²) in [5.41, 5.74) is 0.986. The monoisotopic (exact) mass is 328 g/mol. The molecule has 2 heterocycles. The van der Waals surface area contributed by atoms with Crippen LogP contribution in [0.15, 0.2) is 48.7 Å². The van der Waals surface area contributed by atoms with Gasteiger partial charge in [-0.1, -0.05) is 22.9 Å². The van der Waals surface area contributed by atoms with Gasteiger partial charge in [0, 0.05) is 6.07 Å². The highest BCUT2D eigenvalue weighted by molar-refractivity contribution is 5.79. The summed E-state index contributed by atoms with van der Waals surface area (Å²) in [5, 5.41) is 9.86. The molecule has 0 radical (unpaired) electrons. The molecule has 3 rings (SSSR count). The van der Waals surface area contributed by atoms with Crippen LogP contribution in [0.5, 0.6) is 5.75 Å². The van der Waals surface area contributed by atoms with E-state index in [0.29, 0.717) is 32.6 Å². The van der Waals surface area contributed by atoms with Crippen LogP contribution in [0.4, 0.5) is 5.82 Å². The lowest BCUT2D eigenvalue weighted by molar-refractivity contribution is -0.894. The number of methoxy groups -OCH3 is 1. The number of amides is 1. The number of aromatic nitrogens is 1. The molecule has 1 aromatic heterocycles. The van der Waals surface area contributed by atoms with E-state index < -0.39 is 0 Å². The van der Waals surface area contributed by atoms with Crippen LogP contribution in [0, 0.1) is 0 Å². The van der Waals surface area contributed by atoms with Crippen molar-refractivity contribution in [2.24, 2.45) is 0 Å². The highest BCUT2D eigenvalue weighted by Gasteiger charge is 2.27. The Morgan fingerprint density at radius 1 is 1.12 bits per heavy atom. The first-order chi connectivity index (χ1) is 11.7. The number of piperazine rings is 1. The molecule has 6 nitrogen and oxygen atoms in total. The molecule has 0 aliphatic carbocycles. The summed E-state index contributed by atoms with van der Waals surface area (Å²) in [6.45, 7) is 2.73. The third kappa shape index (κ3) is 3.59. The van der Waals surface area contributed by atoms with E-state index in [1.807, 2.05) is 41.3 Å². The highest BCUT2D eigenvalue weighted by atomic mass is 16.5. The van der Waals surface area contributed by atoms with E-state index >= 15 is 0 Å². The second-order valence-electron chi connectivity index (χ2n) is 5.80. The van der Waals surface area contributed by atoms with Crippen LogP contribution in [-0.4, -0.2) is 49.3 Å². The predicted molar refractivity (Wildman–Crippen MR) is 89.3 cm³/mol. The molecule has 126 valence electrons. The third-order valence-electron chi connectivity index (χ3n) is 4.29. The van der Waals surface area contributed by atoms with Crippen LogP contribution in [0.1, 0.15) is 5.56 Å². The van der Waals surface area contributed by atoms with Gasteiger partial charge in [-0.05, 0) is 23.8 Å². The van der Waals surface area contributed by atoms with Crippen LogP contribution in [0.3, 0.4) is 0 Å². The van der Waals surface area contributed by atoms with Gasteiger partial charge in [0.15, 0.2) is 0 Å². The molecular weight excluding hydrogens is 306 g/mol. The Labute approximate surface area is 141 Å². The van der Waals surface area contributed by atoms with Gasteiger partial charge < -0.3 is 14.8 Å². The minimum Gasteiger partial charge on any atom is -0.497 e. The first-order valence-corrected chi connectivity index (χ1v) is 8.03. The molecule has 1 amide bonds. The molecule has 1 N–H and O–H groups in total. The minimum absolute atomic E-state index is 0.129. The van der Waals surface area contributed by atoms with E-state index in [0.717, 1.165) is 21.9 Å². The lowest BCUT2D eigenvalue weighted by atomic mass is 10.1. The zero-order chi connectivity index (χ0) is 16.9. The molecule has 0 bridgehead atoms. The van der Waals surface area contributed by atoms with Crippen molar-refractivity contribution in [1.29, 1.82) is 0 Å². The lowest BCUT2D eigenvalue weighted by Crippen LogP contribution is -2.52. The lowest BCUT2D eigenvalue weighted by Gasteiger charge is -2.31. The normalized spacial score (nSPS) is 14.5. The van der Waals surface area contributed by atoms with Gasteiger partial charge >= 0.3 is 5.82 Å². The zero-order valence-corrected chi connectivity index (χ0v) is 13.8. The number of nitrogens with zero attached hydrogens (tertiary/aromatic N) is 3. The molecule has 1 aliphatic heterocycles. The van der Waals surface area contributed by atoms with Crippen molar-refractivity contribution in [2.75, 3.05) is 38.2 Å². The maximum absolute atomic E-state index is 12.5. The van der Waals surface area contributed by atoms with Crippen LogP contribution in [0.25, 0.3) is 0 Å². The van der Waals surface area contributed by atoms with Crippen LogP contribution in [0.2, 0.25) is 0 Å². The number of carbonyl (C=O) groups excluding carboxylic acids is 1. The fourth-order valence-electron chi connectivity index (χ4n) is 2.89. The van der Waals surface area contributed by atoms with Crippen LogP contribution in [-0.2, 0) is 11.2 Å². The Bertz CT molecular complexity index is 695. The average Bonchev–Trinajstić information content (AvgIpc) is 2.63. The first kappa shape index (κ1) is 16.1. The highest BCUT2D eigenvalue weighted by Crippen LogP contribution is 2.14. The molecule has 1 saturated heterocycles. The van der Waals surface area contributed by atoms with Gasteiger partial charge in [-0.25, -0.2) is 0 Å². The molecular formula is C18H22N3O3+. The Kier molecular flexibility index (Phi) is 4.84. The number of rotatable bonds is 4. The average molecular weight is 328 g/mol. The quantitative estimate of drug-likeness (QED) is 0.675. The van der Waals surface area contributed by atoms with Crippen molar-refractivity contribution in [3.8, 4) is 5.75 Å². The zero-order valence-electron chi connectivity index (χ0n) is 13.8. The summed E-state index contributed by atoms with van der Waals surface area (Å²) in [7, 11) is 1.63. The number of ether oxygens (including phenoxy) is 1. The van der Waals surface area contributed by atoms with Crippen molar-refractivity contribution < 1.29 is 19.5 Å². The van der Waals surface area contributed by atoms with Gasteiger partial charge in [0.1, 0.15) is 25.0 Å². The first-order valence-electron chi connectivity index (χ1n) is 8.03. The second kappa shape index (κ2) is 7.21. The molecule has 2 aromatic rings. The van der Waals surface area contributed by atoms with Gasteiger partial charge in [0.25, 0.3) is 0 Å². The SMILES string of the molecule is COc1ccc(CC(=O)N2CCN(c3cccc[n+]3O)CC2)cc1. The summed E-state index contributed by atoms with van der Waals surface area (Å²) in [6, 6.07) is 13.1. The second-order valence-corrected chi connectivity index (χ2v) is 5.80. The van der Waals surface area contributed by atoms with E-state index in [2.05, 4.69) is 4.90 Å². The molecule has 1 aromatic carbocycles. The number of carbonyl (C=O) groups is 1. The number of hydrogen-bond acceptors (Lipinski definition) is 4. The van der Waals surface area contributed by atoms with Crippen molar-refractivity contribution in [1.82, 2.24) is 4.90 Å². The largest absolute Gasteiger partial charge is 0.497 e. The fourth-order valence-corrected chi connectivity index (χ4v) is 2.89. The third-order valence-corrected chi connectivity index (χ3v) is 4.29. The van der Waals surface area contributed by atoms with E-state index in [4.69, 9.17) is 4.74 Å². The minimum atomic E-state index is 0.129. The van der Waals surface area contributed by atoms with E-state index in [9.17, 15) is 10.0 Å². The van der Waals surface area contributed by atoms with Crippen LogP contribution < -0.4 is 14.4 Å². The number of benzene rings is 1. The Balaban J connectivity index is 1.56. The standard InChI is InChI=1S/C18H22N3O3/c1-24-16-7-5-15(6-8-16)14-18(22)20-12-10-19(11-13-20)17-4-2-3-9-21(17)23/h2-9,23H,10-14H2,1H3/q+1. The maximum Gasteiger partial charge on any atom is 0.316 e. The summed E-state index contributed by atoms with van der Waals surface area (Å²) in [6.07, 6.45) is 2.01. The summed E-state index contributed by atoms with van der Waals surface area (Å²) in [4.78, 5) is 16.4. The fraction of sp³-hybridized carbons (Fsp3) is 0.333. The summed E-state index contributed by atoms with van der Waals surface area (Å²) in [5.74, 6) is 1.67. The number of anilines is 1. The molecule has 0 saturated carbocycles. The number of pyridine rings is 1. The molecule has 0 unspecified atom stereocenters. The Morgan fingerprint density at radius 3 is 2.46 bits per heavy atom. The van der Waals surface area contributed by atoms with Gasteiger partial charge in [0.2, 0.25) is 5.91 Å². The number of hydrogen-bond donors (Lipinski definition) is 1. The summed E-state index contributed by atoms with van der Waals surface area (Å²) < 4.78 is 6.25. The molecule has 24 heavy (non-hydrogen) atoms. The van der Waals surface area contributed by atoms with Crippen molar-refractivity contribution in [3.05, 3.63) is 54.2 Å². The van der Waals surface area contributed by atoms with E-state index in [1.54, 1.807) is 19.4 Å². The molecule has 1 fully saturated rings. The van der Waals surface area contributed by atoms with E-state index in [1.165, 1.54) is 0 Å². The Hall–Kier alpha value is -2.76. The van der Waals surface area contributed by atoms with Gasteiger partial charge in [-0.3, -0.25) is 9.69 Å². The topological polar surface area (TPSA) is 56.9 Å². The molecule has 6 heteroatoms. The summed E-state index contributed by atoms with van der Waals surface area (Å²) >= 11 is 0. The van der Waals surface area contributed by atoms with Crippen LogP contribution >= 0.6 is 0 Å².